The number of hydrogen-bond donors (Lipinski definition) is 1. The predicted octanol–water partition coefficient (Wildman–Crippen LogP) is 2.86. The van der Waals surface area contributed by atoms with Gasteiger partial charge in [0.1, 0.15) is 5.75 Å². The van der Waals surface area contributed by atoms with Gasteiger partial charge < -0.3 is 15.0 Å². The third-order valence-corrected chi connectivity index (χ3v) is 7.42. The molecule has 2 amide bonds. The predicted molar refractivity (Wildman–Crippen MR) is 121 cm³/mol. The topological polar surface area (TPSA) is 61.9 Å². The molecule has 3 heterocycles. The van der Waals surface area contributed by atoms with Crippen molar-refractivity contribution in [3.05, 3.63) is 29.8 Å². The zero-order valence-corrected chi connectivity index (χ0v) is 19.0. The minimum atomic E-state index is 0.108. The van der Waals surface area contributed by atoms with Crippen molar-refractivity contribution in [3.63, 3.8) is 0 Å². The molecule has 31 heavy (non-hydrogen) atoms. The van der Waals surface area contributed by atoms with Gasteiger partial charge in [-0.2, -0.15) is 0 Å². The molecule has 4 rings (SSSR count). The van der Waals surface area contributed by atoms with Crippen molar-refractivity contribution in [2.45, 2.75) is 64.0 Å². The summed E-state index contributed by atoms with van der Waals surface area (Å²) >= 11 is 0. The molecule has 0 unspecified atom stereocenters. The highest BCUT2D eigenvalue weighted by Gasteiger charge is 2.48. The smallest absolute Gasteiger partial charge is 0.234 e. The van der Waals surface area contributed by atoms with Crippen molar-refractivity contribution in [3.8, 4) is 5.75 Å². The van der Waals surface area contributed by atoms with E-state index in [0.717, 1.165) is 57.4 Å². The highest BCUT2D eigenvalue weighted by Crippen LogP contribution is 2.42. The minimum absolute atomic E-state index is 0.108. The second-order valence-electron chi connectivity index (χ2n) is 9.51. The zero-order valence-electron chi connectivity index (χ0n) is 19.0. The largest absolute Gasteiger partial charge is 0.497 e. The summed E-state index contributed by atoms with van der Waals surface area (Å²) in [5.41, 5.74) is 1.19. The van der Waals surface area contributed by atoms with Crippen molar-refractivity contribution in [1.29, 1.82) is 0 Å². The quantitative estimate of drug-likeness (QED) is 0.693. The van der Waals surface area contributed by atoms with E-state index < -0.39 is 0 Å². The summed E-state index contributed by atoms with van der Waals surface area (Å²) < 4.78 is 5.19. The SMILES string of the molecule is CCC[C@H]1[C@H]2C[C@H](CN(CC(=O)NCCc3ccc(OC)cc3)C2)[C@@H]2CCCC(=O)N21. The van der Waals surface area contributed by atoms with Crippen molar-refractivity contribution in [1.82, 2.24) is 15.1 Å². The van der Waals surface area contributed by atoms with Gasteiger partial charge in [-0.25, -0.2) is 0 Å². The van der Waals surface area contributed by atoms with E-state index in [0.29, 0.717) is 42.9 Å². The Balaban J connectivity index is 1.30. The molecular formula is C25H37N3O3. The van der Waals surface area contributed by atoms with E-state index in [4.69, 9.17) is 4.74 Å². The Kier molecular flexibility index (Phi) is 7.16. The number of likely N-dealkylation sites (tertiary alicyclic amines) is 1. The lowest BCUT2D eigenvalue weighted by Gasteiger charge is -2.56. The number of rotatable bonds is 8. The highest BCUT2D eigenvalue weighted by atomic mass is 16.5. The number of amides is 2. The Morgan fingerprint density at radius 2 is 1.97 bits per heavy atom. The lowest BCUT2D eigenvalue weighted by molar-refractivity contribution is -0.154. The van der Waals surface area contributed by atoms with Crippen LogP contribution in [0, 0.1) is 11.8 Å². The molecule has 6 heteroatoms. The van der Waals surface area contributed by atoms with Crippen molar-refractivity contribution >= 4 is 11.8 Å². The van der Waals surface area contributed by atoms with Gasteiger partial charge in [0.05, 0.1) is 13.7 Å². The number of nitrogens with zero attached hydrogens (tertiary/aromatic N) is 2. The maximum Gasteiger partial charge on any atom is 0.234 e. The fraction of sp³-hybridized carbons (Fsp3) is 0.680. The van der Waals surface area contributed by atoms with E-state index in [-0.39, 0.29) is 5.91 Å². The fourth-order valence-corrected chi connectivity index (χ4v) is 6.07. The maximum atomic E-state index is 12.7. The second kappa shape index (κ2) is 10.0. The van der Waals surface area contributed by atoms with E-state index >= 15 is 0 Å². The second-order valence-corrected chi connectivity index (χ2v) is 9.51. The number of carbonyl (C=O) groups is 2. The number of methoxy groups -OCH3 is 1. The van der Waals surface area contributed by atoms with E-state index in [9.17, 15) is 9.59 Å². The molecule has 1 N–H and O–H groups in total. The van der Waals surface area contributed by atoms with Crippen LogP contribution >= 0.6 is 0 Å². The van der Waals surface area contributed by atoms with E-state index in [2.05, 4.69) is 22.0 Å². The summed E-state index contributed by atoms with van der Waals surface area (Å²) in [6.07, 6.45) is 7.09. The molecule has 3 fully saturated rings. The molecule has 0 aliphatic carbocycles. The number of fused-ring (bicyclic) bond motifs is 4. The molecule has 4 atom stereocenters. The zero-order chi connectivity index (χ0) is 21.8. The number of benzene rings is 1. The molecule has 0 aromatic heterocycles. The summed E-state index contributed by atoms with van der Waals surface area (Å²) in [4.78, 5) is 30.0. The van der Waals surface area contributed by atoms with Gasteiger partial charge in [-0.05, 0) is 61.6 Å². The Morgan fingerprint density at radius 1 is 1.19 bits per heavy atom. The van der Waals surface area contributed by atoms with Crippen LogP contribution < -0.4 is 10.1 Å². The van der Waals surface area contributed by atoms with Gasteiger partial charge in [0, 0.05) is 38.1 Å². The van der Waals surface area contributed by atoms with Gasteiger partial charge in [0.15, 0.2) is 0 Å². The van der Waals surface area contributed by atoms with E-state index in [1.54, 1.807) is 7.11 Å². The molecule has 3 aliphatic rings. The Bertz CT molecular complexity index is 766. The number of hydrogen-bond acceptors (Lipinski definition) is 4. The third-order valence-electron chi connectivity index (χ3n) is 7.42. The molecular weight excluding hydrogens is 390 g/mol. The highest BCUT2D eigenvalue weighted by molar-refractivity contribution is 5.78. The van der Waals surface area contributed by atoms with E-state index in [1.807, 2.05) is 24.3 Å². The lowest BCUT2D eigenvalue weighted by atomic mass is 9.71. The molecule has 2 bridgehead atoms. The van der Waals surface area contributed by atoms with Gasteiger partial charge in [-0.1, -0.05) is 25.5 Å². The van der Waals surface area contributed by atoms with Crippen LogP contribution in [-0.4, -0.2) is 67.0 Å². The van der Waals surface area contributed by atoms with Gasteiger partial charge in [0.25, 0.3) is 0 Å². The molecule has 170 valence electrons. The maximum absolute atomic E-state index is 12.7. The molecule has 3 saturated heterocycles. The van der Waals surface area contributed by atoms with Crippen LogP contribution in [0.3, 0.4) is 0 Å². The Hall–Kier alpha value is -2.08. The monoisotopic (exact) mass is 427 g/mol. The standard InChI is InChI=1S/C25H37N3O3/c1-3-5-22-19-14-20(23-6-4-7-25(30)28(22)23)16-27(15-19)17-24(29)26-13-12-18-8-10-21(31-2)11-9-18/h8-11,19-20,22-23H,3-7,12-17H2,1-2H3,(H,26,29)/t19-,20+,22-,23-/m0/s1. The Labute approximate surface area is 186 Å². The molecule has 0 spiro atoms. The first kappa shape index (κ1) is 22.1. The van der Waals surface area contributed by atoms with Crippen LogP contribution in [-0.2, 0) is 16.0 Å². The van der Waals surface area contributed by atoms with Crippen LogP contribution in [0.4, 0.5) is 0 Å². The molecule has 0 radical (unpaired) electrons. The molecule has 3 aliphatic heterocycles. The minimum Gasteiger partial charge on any atom is -0.497 e. The van der Waals surface area contributed by atoms with Crippen LogP contribution in [0.1, 0.15) is 51.0 Å². The molecule has 1 aromatic rings. The summed E-state index contributed by atoms with van der Waals surface area (Å²) in [5.74, 6) is 2.35. The summed E-state index contributed by atoms with van der Waals surface area (Å²) in [5, 5.41) is 3.10. The number of carbonyl (C=O) groups excluding carboxylic acids is 2. The Morgan fingerprint density at radius 3 is 2.71 bits per heavy atom. The summed E-state index contributed by atoms with van der Waals surface area (Å²) in [7, 11) is 1.66. The van der Waals surface area contributed by atoms with Crippen LogP contribution in [0.15, 0.2) is 24.3 Å². The summed E-state index contributed by atoms with van der Waals surface area (Å²) in [6, 6.07) is 8.74. The first-order valence-electron chi connectivity index (χ1n) is 12.0. The normalized spacial score (nSPS) is 28.2. The van der Waals surface area contributed by atoms with Gasteiger partial charge >= 0.3 is 0 Å². The van der Waals surface area contributed by atoms with Gasteiger partial charge in [0.2, 0.25) is 11.8 Å². The van der Waals surface area contributed by atoms with Crippen LogP contribution in [0.25, 0.3) is 0 Å². The lowest BCUT2D eigenvalue weighted by Crippen LogP contribution is -2.65. The molecule has 1 aromatic carbocycles. The van der Waals surface area contributed by atoms with Gasteiger partial charge in [-0.15, -0.1) is 0 Å². The first-order chi connectivity index (χ1) is 15.1. The fourth-order valence-electron chi connectivity index (χ4n) is 6.07. The van der Waals surface area contributed by atoms with Gasteiger partial charge in [-0.3, -0.25) is 14.5 Å². The first-order valence-corrected chi connectivity index (χ1v) is 12.0. The molecule has 0 saturated carbocycles. The van der Waals surface area contributed by atoms with Crippen molar-refractivity contribution in [2.24, 2.45) is 11.8 Å². The third kappa shape index (κ3) is 5.05. The average Bonchev–Trinajstić information content (AvgIpc) is 2.77. The summed E-state index contributed by atoms with van der Waals surface area (Å²) in [6.45, 7) is 5.20. The average molecular weight is 428 g/mol. The molecule has 6 nitrogen and oxygen atoms in total. The van der Waals surface area contributed by atoms with Crippen molar-refractivity contribution in [2.75, 3.05) is 33.3 Å². The van der Waals surface area contributed by atoms with Crippen LogP contribution in [0.5, 0.6) is 5.75 Å². The van der Waals surface area contributed by atoms with E-state index in [1.165, 1.54) is 12.0 Å². The number of piperidine rings is 3. The van der Waals surface area contributed by atoms with Crippen molar-refractivity contribution < 1.29 is 14.3 Å². The van der Waals surface area contributed by atoms with Crippen LogP contribution in [0.2, 0.25) is 0 Å². The number of ether oxygens (including phenoxy) is 1. The number of nitrogens with one attached hydrogen (secondary N) is 1.